The summed E-state index contributed by atoms with van der Waals surface area (Å²) < 4.78 is 10.8. The Morgan fingerprint density at radius 3 is 2.30 bits per heavy atom. The molecule has 0 bridgehead atoms. The van der Waals surface area contributed by atoms with Crippen molar-refractivity contribution in [1.82, 2.24) is 10.6 Å². The van der Waals surface area contributed by atoms with E-state index in [1.807, 2.05) is 36.0 Å². The van der Waals surface area contributed by atoms with Crippen molar-refractivity contribution in [2.24, 2.45) is 4.99 Å². The topological polar surface area (TPSA) is 54.9 Å². The van der Waals surface area contributed by atoms with Crippen LogP contribution in [0, 0.1) is 0 Å². The van der Waals surface area contributed by atoms with Crippen LogP contribution in [0.3, 0.4) is 0 Å². The third-order valence-electron chi connectivity index (χ3n) is 3.23. The zero-order valence-electron chi connectivity index (χ0n) is 14.4. The van der Waals surface area contributed by atoms with Crippen molar-refractivity contribution in [2.45, 2.75) is 19.3 Å². The lowest BCUT2D eigenvalue weighted by atomic mass is 10.3. The summed E-state index contributed by atoms with van der Waals surface area (Å²) in [5, 5.41) is 6.62. The van der Waals surface area contributed by atoms with Crippen LogP contribution in [0.4, 0.5) is 0 Å². The van der Waals surface area contributed by atoms with Gasteiger partial charge in [-0.1, -0.05) is 0 Å². The standard InChI is InChI=1S/C17H29N3O2S/c1-18-17(19-11-4-5-14-23-3)20-12-6-13-22-16-9-7-15(21-2)8-10-16/h7-10H,4-6,11-14H2,1-3H3,(H2,18,19,20). The number of hydrogen-bond acceptors (Lipinski definition) is 4. The lowest BCUT2D eigenvalue weighted by molar-refractivity contribution is 0.310. The number of nitrogens with zero attached hydrogens (tertiary/aromatic N) is 1. The average Bonchev–Trinajstić information content (AvgIpc) is 2.60. The third kappa shape index (κ3) is 9.23. The molecule has 0 aliphatic heterocycles. The fourth-order valence-corrected chi connectivity index (χ4v) is 2.43. The maximum absolute atomic E-state index is 5.69. The van der Waals surface area contributed by atoms with E-state index in [4.69, 9.17) is 9.47 Å². The molecule has 0 amide bonds. The molecule has 0 spiro atoms. The first kappa shape index (κ1) is 19.5. The molecule has 130 valence electrons. The summed E-state index contributed by atoms with van der Waals surface area (Å²) in [5.74, 6) is 3.78. The van der Waals surface area contributed by atoms with Crippen molar-refractivity contribution in [3.63, 3.8) is 0 Å². The summed E-state index contributed by atoms with van der Waals surface area (Å²) in [5.41, 5.74) is 0. The Hall–Kier alpha value is -1.56. The highest BCUT2D eigenvalue weighted by atomic mass is 32.2. The van der Waals surface area contributed by atoms with Gasteiger partial charge in [-0.25, -0.2) is 0 Å². The van der Waals surface area contributed by atoms with E-state index in [1.54, 1.807) is 14.2 Å². The fourth-order valence-electron chi connectivity index (χ4n) is 1.94. The van der Waals surface area contributed by atoms with Gasteiger partial charge in [0, 0.05) is 20.1 Å². The van der Waals surface area contributed by atoms with Crippen LogP contribution in [0.25, 0.3) is 0 Å². The Morgan fingerprint density at radius 2 is 1.70 bits per heavy atom. The predicted octanol–water partition coefficient (Wildman–Crippen LogP) is 2.77. The normalized spacial score (nSPS) is 11.2. The molecule has 2 N–H and O–H groups in total. The SMILES string of the molecule is CN=C(NCCCCSC)NCCCOc1ccc(OC)cc1. The molecule has 1 aromatic rings. The van der Waals surface area contributed by atoms with Gasteiger partial charge in [0.2, 0.25) is 0 Å². The molecule has 0 aliphatic rings. The lowest BCUT2D eigenvalue weighted by Gasteiger charge is -2.12. The highest BCUT2D eigenvalue weighted by Gasteiger charge is 1.98. The van der Waals surface area contributed by atoms with E-state index in [1.165, 1.54) is 18.6 Å². The number of ether oxygens (including phenoxy) is 2. The summed E-state index contributed by atoms with van der Waals surface area (Å²) in [6.07, 6.45) is 5.46. The molecule has 0 saturated carbocycles. The second-order valence-electron chi connectivity index (χ2n) is 5.00. The molecule has 6 heteroatoms. The molecular formula is C17H29N3O2S. The van der Waals surface area contributed by atoms with Gasteiger partial charge in [0.25, 0.3) is 0 Å². The number of thioether (sulfide) groups is 1. The van der Waals surface area contributed by atoms with Gasteiger partial charge in [-0.15, -0.1) is 0 Å². The van der Waals surface area contributed by atoms with Gasteiger partial charge in [-0.3, -0.25) is 4.99 Å². The van der Waals surface area contributed by atoms with Gasteiger partial charge in [-0.05, 0) is 55.5 Å². The molecular weight excluding hydrogens is 310 g/mol. The first-order chi connectivity index (χ1) is 11.3. The predicted molar refractivity (Wildman–Crippen MR) is 100 cm³/mol. The van der Waals surface area contributed by atoms with Crippen molar-refractivity contribution < 1.29 is 9.47 Å². The molecule has 0 atom stereocenters. The van der Waals surface area contributed by atoms with Gasteiger partial charge >= 0.3 is 0 Å². The first-order valence-corrected chi connectivity index (χ1v) is 9.40. The first-order valence-electron chi connectivity index (χ1n) is 8.00. The van der Waals surface area contributed by atoms with Crippen LogP contribution >= 0.6 is 11.8 Å². The van der Waals surface area contributed by atoms with Gasteiger partial charge in [0.15, 0.2) is 5.96 Å². The van der Waals surface area contributed by atoms with Crippen LogP contribution in [0.15, 0.2) is 29.3 Å². The van der Waals surface area contributed by atoms with Crippen LogP contribution in [-0.2, 0) is 0 Å². The fraction of sp³-hybridized carbons (Fsp3) is 0.588. The average molecular weight is 340 g/mol. The summed E-state index contributed by atoms with van der Waals surface area (Å²) in [7, 11) is 3.45. The molecule has 0 fully saturated rings. The number of unbranched alkanes of at least 4 members (excludes halogenated alkanes) is 1. The number of rotatable bonds is 11. The molecule has 0 aromatic heterocycles. The Kier molecular flexibility index (Phi) is 11.0. The molecule has 1 aromatic carbocycles. The second-order valence-corrected chi connectivity index (χ2v) is 5.99. The third-order valence-corrected chi connectivity index (χ3v) is 3.93. The van der Waals surface area contributed by atoms with E-state index in [-0.39, 0.29) is 0 Å². The summed E-state index contributed by atoms with van der Waals surface area (Å²) in [6.45, 7) is 2.47. The Labute approximate surface area is 144 Å². The molecule has 0 saturated heterocycles. The van der Waals surface area contributed by atoms with E-state index < -0.39 is 0 Å². The van der Waals surface area contributed by atoms with Crippen molar-refractivity contribution in [2.75, 3.05) is 45.9 Å². The molecule has 23 heavy (non-hydrogen) atoms. The molecule has 0 radical (unpaired) electrons. The summed E-state index contributed by atoms with van der Waals surface area (Å²) >= 11 is 1.89. The Bertz CT molecular complexity index is 438. The second kappa shape index (κ2) is 12.9. The maximum Gasteiger partial charge on any atom is 0.190 e. The summed E-state index contributed by atoms with van der Waals surface area (Å²) in [6, 6.07) is 7.63. The van der Waals surface area contributed by atoms with E-state index in [9.17, 15) is 0 Å². The van der Waals surface area contributed by atoms with E-state index in [2.05, 4.69) is 21.9 Å². The van der Waals surface area contributed by atoms with Crippen LogP contribution < -0.4 is 20.1 Å². The maximum atomic E-state index is 5.69. The van der Waals surface area contributed by atoms with Crippen molar-refractivity contribution in [3.05, 3.63) is 24.3 Å². The number of guanidine groups is 1. The van der Waals surface area contributed by atoms with Gasteiger partial charge in [0.1, 0.15) is 11.5 Å². The van der Waals surface area contributed by atoms with Crippen LogP contribution in [0.2, 0.25) is 0 Å². The highest BCUT2D eigenvalue weighted by Crippen LogP contribution is 2.16. The molecule has 0 unspecified atom stereocenters. The number of methoxy groups -OCH3 is 1. The van der Waals surface area contributed by atoms with E-state index >= 15 is 0 Å². The summed E-state index contributed by atoms with van der Waals surface area (Å²) in [4.78, 5) is 4.22. The van der Waals surface area contributed by atoms with Crippen LogP contribution in [0.5, 0.6) is 11.5 Å². The quantitative estimate of drug-likeness (QED) is 0.369. The molecule has 0 heterocycles. The Morgan fingerprint density at radius 1 is 1.04 bits per heavy atom. The zero-order valence-corrected chi connectivity index (χ0v) is 15.2. The minimum atomic E-state index is 0.671. The van der Waals surface area contributed by atoms with Crippen molar-refractivity contribution in [3.8, 4) is 11.5 Å². The van der Waals surface area contributed by atoms with E-state index in [0.717, 1.165) is 37.0 Å². The smallest absolute Gasteiger partial charge is 0.190 e. The van der Waals surface area contributed by atoms with Crippen molar-refractivity contribution in [1.29, 1.82) is 0 Å². The highest BCUT2D eigenvalue weighted by molar-refractivity contribution is 7.98. The van der Waals surface area contributed by atoms with Crippen LogP contribution in [-0.4, -0.2) is 51.8 Å². The number of aliphatic imine (C=N–C) groups is 1. The lowest BCUT2D eigenvalue weighted by Crippen LogP contribution is -2.38. The van der Waals surface area contributed by atoms with Gasteiger partial charge < -0.3 is 20.1 Å². The molecule has 1 rings (SSSR count). The van der Waals surface area contributed by atoms with Crippen molar-refractivity contribution >= 4 is 17.7 Å². The zero-order chi connectivity index (χ0) is 16.8. The largest absolute Gasteiger partial charge is 0.497 e. The number of nitrogens with one attached hydrogen (secondary N) is 2. The van der Waals surface area contributed by atoms with Crippen LogP contribution in [0.1, 0.15) is 19.3 Å². The Balaban J connectivity index is 2.07. The van der Waals surface area contributed by atoms with Gasteiger partial charge in [0.05, 0.1) is 13.7 Å². The monoisotopic (exact) mass is 339 g/mol. The van der Waals surface area contributed by atoms with E-state index in [0.29, 0.717) is 6.61 Å². The number of hydrogen-bond donors (Lipinski definition) is 2. The minimum Gasteiger partial charge on any atom is -0.497 e. The minimum absolute atomic E-state index is 0.671. The molecule has 5 nitrogen and oxygen atoms in total. The molecule has 0 aliphatic carbocycles. The van der Waals surface area contributed by atoms with Gasteiger partial charge in [-0.2, -0.15) is 11.8 Å². The number of benzene rings is 1.